The van der Waals surface area contributed by atoms with E-state index >= 15 is 0 Å². The first kappa shape index (κ1) is 11.6. The van der Waals surface area contributed by atoms with Gasteiger partial charge in [0.05, 0.1) is 0 Å². The van der Waals surface area contributed by atoms with Gasteiger partial charge in [0.15, 0.2) is 6.29 Å². The van der Waals surface area contributed by atoms with E-state index < -0.39 is 0 Å². The Hall–Kier alpha value is -1.45. The molecule has 0 spiro atoms. The molecule has 1 aliphatic rings. The SMILES string of the molecule is O=CC1Nc2ccc(-c3cccc(Cl)c3)cc2S1. The fourth-order valence-corrected chi connectivity index (χ4v) is 3.12. The fourth-order valence-electron chi connectivity index (χ4n) is 1.97. The Balaban J connectivity index is 1.99. The monoisotopic (exact) mass is 275 g/mol. The maximum atomic E-state index is 10.8. The van der Waals surface area contributed by atoms with E-state index in [0.29, 0.717) is 0 Å². The van der Waals surface area contributed by atoms with Gasteiger partial charge in [-0.15, -0.1) is 0 Å². The topological polar surface area (TPSA) is 29.1 Å². The van der Waals surface area contributed by atoms with Gasteiger partial charge in [-0.1, -0.05) is 41.6 Å². The molecule has 18 heavy (non-hydrogen) atoms. The lowest BCUT2D eigenvalue weighted by molar-refractivity contribution is -0.107. The minimum atomic E-state index is -0.172. The highest BCUT2D eigenvalue weighted by atomic mass is 35.5. The molecule has 90 valence electrons. The van der Waals surface area contributed by atoms with Gasteiger partial charge in [0.25, 0.3) is 0 Å². The number of anilines is 1. The smallest absolute Gasteiger partial charge is 0.152 e. The highest BCUT2D eigenvalue weighted by molar-refractivity contribution is 8.01. The lowest BCUT2D eigenvalue weighted by Gasteiger charge is -2.04. The summed E-state index contributed by atoms with van der Waals surface area (Å²) in [7, 11) is 0. The summed E-state index contributed by atoms with van der Waals surface area (Å²) in [6.45, 7) is 0. The number of fused-ring (bicyclic) bond motifs is 1. The number of thioether (sulfide) groups is 1. The maximum Gasteiger partial charge on any atom is 0.152 e. The summed E-state index contributed by atoms with van der Waals surface area (Å²) < 4.78 is 0. The lowest BCUT2D eigenvalue weighted by Crippen LogP contribution is -2.10. The molecule has 2 nitrogen and oxygen atoms in total. The first-order valence-corrected chi connectivity index (χ1v) is 6.80. The molecule has 0 saturated carbocycles. The van der Waals surface area contributed by atoms with Gasteiger partial charge < -0.3 is 10.1 Å². The molecule has 3 rings (SSSR count). The average Bonchev–Trinajstić information content (AvgIpc) is 2.80. The third-order valence-electron chi connectivity index (χ3n) is 2.81. The van der Waals surface area contributed by atoms with Crippen molar-refractivity contribution in [2.75, 3.05) is 5.32 Å². The van der Waals surface area contributed by atoms with E-state index in [1.165, 1.54) is 11.8 Å². The zero-order valence-electron chi connectivity index (χ0n) is 9.39. The summed E-state index contributed by atoms with van der Waals surface area (Å²) >= 11 is 7.53. The number of carbonyl (C=O) groups excluding carboxylic acids is 1. The van der Waals surface area contributed by atoms with Crippen molar-refractivity contribution in [1.82, 2.24) is 0 Å². The Bertz CT molecular complexity index is 614. The van der Waals surface area contributed by atoms with Crippen LogP contribution in [0.25, 0.3) is 11.1 Å². The van der Waals surface area contributed by atoms with Crippen LogP contribution in [-0.4, -0.2) is 11.7 Å². The van der Waals surface area contributed by atoms with Crippen LogP contribution in [0, 0.1) is 0 Å². The standard InChI is InChI=1S/C14H10ClNOS/c15-11-3-1-2-9(6-11)10-4-5-12-13(7-10)18-14(8-17)16-12/h1-8,14,16H. The highest BCUT2D eigenvalue weighted by Crippen LogP contribution is 2.40. The van der Waals surface area contributed by atoms with Crippen molar-refractivity contribution in [3.63, 3.8) is 0 Å². The van der Waals surface area contributed by atoms with Crippen LogP contribution < -0.4 is 5.32 Å². The van der Waals surface area contributed by atoms with Crippen LogP contribution in [0.1, 0.15) is 0 Å². The second kappa shape index (κ2) is 4.67. The van der Waals surface area contributed by atoms with Crippen molar-refractivity contribution in [3.8, 4) is 11.1 Å². The molecule has 2 aromatic rings. The fraction of sp³-hybridized carbons (Fsp3) is 0.0714. The Kier molecular flexibility index (Phi) is 3.02. The predicted molar refractivity (Wildman–Crippen MR) is 76.2 cm³/mol. The summed E-state index contributed by atoms with van der Waals surface area (Å²) in [4.78, 5) is 11.9. The molecule has 0 aromatic heterocycles. The first-order valence-electron chi connectivity index (χ1n) is 5.55. The molecule has 0 radical (unpaired) electrons. The van der Waals surface area contributed by atoms with Crippen molar-refractivity contribution < 1.29 is 4.79 Å². The number of hydrogen-bond donors (Lipinski definition) is 1. The Labute approximate surface area is 114 Å². The normalized spacial score (nSPS) is 17.1. The summed E-state index contributed by atoms with van der Waals surface area (Å²) in [5.41, 5.74) is 3.21. The largest absolute Gasteiger partial charge is 0.366 e. The van der Waals surface area contributed by atoms with E-state index in [9.17, 15) is 4.79 Å². The van der Waals surface area contributed by atoms with Crippen LogP contribution in [0.3, 0.4) is 0 Å². The molecule has 1 N–H and O–H groups in total. The third kappa shape index (κ3) is 2.11. The number of hydrogen-bond acceptors (Lipinski definition) is 3. The van der Waals surface area contributed by atoms with Crippen molar-refractivity contribution in [3.05, 3.63) is 47.5 Å². The van der Waals surface area contributed by atoms with Gasteiger partial charge in [-0.05, 0) is 35.4 Å². The highest BCUT2D eigenvalue weighted by Gasteiger charge is 2.20. The molecule has 0 bridgehead atoms. The molecule has 1 atom stereocenters. The molecular formula is C14H10ClNOS. The second-order valence-corrected chi connectivity index (χ2v) is 5.66. The Morgan fingerprint density at radius 2 is 2.00 bits per heavy atom. The van der Waals surface area contributed by atoms with Crippen molar-refractivity contribution in [2.24, 2.45) is 0 Å². The van der Waals surface area contributed by atoms with E-state index in [-0.39, 0.29) is 5.37 Å². The van der Waals surface area contributed by atoms with Gasteiger partial charge in [-0.3, -0.25) is 0 Å². The molecule has 0 amide bonds. The molecule has 1 aliphatic heterocycles. The lowest BCUT2D eigenvalue weighted by atomic mass is 10.1. The Morgan fingerprint density at radius 3 is 2.78 bits per heavy atom. The van der Waals surface area contributed by atoms with Gasteiger partial charge in [0.1, 0.15) is 5.37 Å². The molecule has 0 saturated heterocycles. The quantitative estimate of drug-likeness (QED) is 0.839. The van der Waals surface area contributed by atoms with Crippen LogP contribution in [0.4, 0.5) is 5.69 Å². The predicted octanol–water partition coefficient (Wildman–Crippen LogP) is 4.05. The van der Waals surface area contributed by atoms with Crippen molar-refractivity contribution in [2.45, 2.75) is 10.3 Å². The number of aldehydes is 1. The molecular weight excluding hydrogens is 266 g/mol. The zero-order valence-corrected chi connectivity index (χ0v) is 11.0. The van der Waals surface area contributed by atoms with Gasteiger partial charge in [0, 0.05) is 15.6 Å². The summed E-state index contributed by atoms with van der Waals surface area (Å²) in [5, 5.41) is 3.70. The average molecular weight is 276 g/mol. The molecule has 1 unspecified atom stereocenters. The molecule has 0 aliphatic carbocycles. The van der Waals surface area contributed by atoms with E-state index in [1.807, 2.05) is 36.4 Å². The molecule has 0 fully saturated rings. The number of carbonyl (C=O) groups is 1. The number of halogens is 1. The summed E-state index contributed by atoms with van der Waals surface area (Å²) in [6, 6.07) is 13.9. The van der Waals surface area contributed by atoms with Gasteiger partial charge >= 0.3 is 0 Å². The van der Waals surface area contributed by atoms with Crippen LogP contribution in [0.15, 0.2) is 47.4 Å². The Morgan fingerprint density at radius 1 is 1.17 bits per heavy atom. The maximum absolute atomic E-state index is 10.8. The van der Waals surface area contributed by atoms with Crippen LogP contribution >= 0.6 is 23.4 Å². The first-order chi connectivity index (χ1) is 8.76. The van der Waals surface area contributed by atoms with Gasteiger partial charge in [-0.2, -0.15) is 0 Å². The van der Waals surface area contributed by atoms with Gasteiger partial charge in [0.2, 0.25) is 0 Å². The minimum absolute atomic E-state index is 0.172. The van der Waals surface area contributed by atoms with Crippen LogP contribution in [0.5, 0.6) is 0 Å². The van der Waals surface area contributed by atoms with E-state index in [1.54, 1.807) is 0 Å². The van der Waals surface area contributed by atoms with Crippen molar-refractivity contribution >= 4 is 35.3 Å². The summed E-state index contributed by atoms with van der Waals surface area (Å²) in [6.07, 6.45) is 0.920. The van der Waals surface area contributed by atoms with E-state index in [4.69, 9.17) is 11.6 Å². The number of nitrogens with one attached hydrogen (secondary N) is 1. The van der Waals surface area contributed by atoms with E-state index in [2.05, 4.69) is 11.4 Å². The van der Waals surface area contributed by atoms with Gasteiger partial charge in [-0.25, -0.2) is 0 Å². The number of rotatable bonds is 2. The van der Waals surface area contributed by atoms with Crippen LogP contribution in [0.2, 0.25) is 5.02 Å². The van der Waals surface area contributed by atoms with Crippen LogP contribution in [-0.2, 0) is 4.79 Å². The molecule has 2 aromatic carbocycles. The van der Waals surface area contributed by atoms with E-state index in [0.717, 1.165) is 33.0 Å². The molecule has 1 heterocycles. The minimum Gasteiger partial charge on any atom is -0.366 e. The second-order valence-electron chi connectivity index (χ2n) is 4.04. The van der Waals surface area contributed by atoms with Crippen molar-refractivity contribution in [1.29, 1.82) is 0 Å². The number of benzene rings is 2. The molecule has 4 heteroatoms. The zero-order chi connectivity index (χ0) is 12.5. The third-order valence-corrected chi connectivity index (χ3v) is 4.12. The summed E-state index contributed by atoms with van der Waals surface area (Å²) in [5.74, 6) is 0.